The minimum atomic E-state index is 1.10. The van der Waals surface area contributed by atoms with Crippen LogP contribution in [0, 0.1) is 0 Å². The SMILES string of the molecule is c1ccc(N(c2ccc(-c3ccc(N(c4ccccc4)c4ccc(-c5cc6ccccc6s5)c5ccccc45)cc3)cc2)c2ccc(-c3cc4ccccc4s3)c3ccccc23)cc1. The third-order valence-corrected chi connectivity index (χ3v) is 14.6. The van der Waals surface area contributed by atoms with E-state index in [1.54, 1.807) is 0 Å². The highest BCUT2D eigenvalue weighted by molar-refractivity contribution is 7.22. The van der Waals surface area contributed by atoms with Gasteiger partial charge in [-0.15, -0.1) is 22.7 Å². The van der Waals surface area contributed by atoms with Crippen molar-refractivity contribution in [2.45, 2.75) is 0 Å². The lowest BCUT2D eigenvalue weighted by molar-refractivity contribution is 1.29. The van der Waals surface area contributed by atoms with Crippen LogP contribution in [0.4, 0.5) is 34.1 Å². The fourth-order valence-corrected chi connectivity index (χ4v) is 11.4. The molecule has 12 rings (SSSR count). The zero-order chi connectivity index (χ0) is 42.4. The smallest absolute Gasteiger partial charge is 0.0540 e. The van der Waals surface area contributed by atoms with E-state index in [-0.39, 0.29) is 0 Å². The first-order valence-electron chi connectivity index (χ1n) is 21.7. The van der Waals surface area contributed by atoms with E-state index >= 15 is 0 Å². The van der Waals surface area contributed by atoms with Gasteiger partial charge in [0.1, 0.15) is 0 Å². The summed E-state index contributed by atoms with van der Waals surface area (Å²) in [7, 11) is 0. The number of hydrogen-bond donors (Lipinski definition) is 0. The van der Waals surface area contributed by atoms with Crippen LogP contribution in [-0.2, 0) is 0 Å². The number of fused-ring (bicyclic) bond motifs is 4. The molecule has 64 heavy (non-hydrogen) atoms. The number of hydrogen-bond acceptors (Lipinski definition) is 4. The zero-order valence-corrected chi connectivity index (χ0v) is 36.4. The molecule has 0 bridgehead atoms. The number of nitrogens with zero attached hydrogens (tertiary/aromatic N) is 2. The Kier molecular flexibility index (Phi) is 9.59. The molecule has 0 atom stereocenters. The predicted octanol–water partition coefficient (Wildman–Crippen LogP) is 18.4. The molecular formula is C60H40N2S2. The molecule has 0 amide bonds. The summed E-state index contributed by atoms with van der Waals surface area (Å²) in [6, 6.07) is 88.3. The standard InChI is InChI=1S/C60H40N2S2/c1-3-17-45(18-4-1)61(55-37-35-53(49-21-9-11-23-51(49)55)59-39-43-15-7-13-25-57(43)63-59)47-31-27-41(28-32-47)42-29-33-48(34-30-42)62(46-19-5-2-6-20-46)56-38-36-54(50-22-10-12-24-52(50)56)60-40-44-16-8-14-26-58(44)64-60/h1-40H. The highest BCUT2D eigenvalue weighted by Gasteiger charge is 2.20. The molecule has 0 saturated carbocycles. The van der Waals surface area contributed by atoms with E-state index in [0.29, 0.717) is 0 Å². The first-order valence-corrected chi connectivity index (χ1v) is 23.3. The minimum absolute atomic E-state index is 1.10. The van der Waals surface area contributed by atoms with Gasteiger partial charge in [0.15, 0.2) is 0 Å². The Morgan fingerprint density at radius 1 is 0.266 bits per heavy atom. The lowest BCUT2D eigenvalue weighted by Crippen LogP contribution is -2.10. The van der Waals surface area contributed by atoms with Gasteiger partial charge in [-0.05, 0) is 129 Å². The molecule has 2 heterocycles. The van der Waals surface area contributed by atoms with Crippen LogP contribution in [0.2, 0.25) is 0 Å². The molecule has 0 aliphatic carbocycles. The van der Waals surface area contributed by atoms with Crippen molar-refractivity contribution in [1.29, 1.82) is 0 Å². The van der Waals surface area contributed by atoms with Crippen molar-refractivity contribution in [2.24, 2.45) is 0 Å². The Balaban J connectivity index is 0.901. The second kappa shape index (κ2) is 16.2. The van der Waals surface area contributed by atoms with Crippen molar-refractivity contribution in [2.75, 3.05) is 9.80 Å². The van der Waals surface area contributed by atoms with Gasteiger partial charge in [-0.3, -0.25) is 0 Å². The number of rotatable bonds is 9. The quantitative estimate of drug-likeness (QED) is 0.143. The molecule has 302 valence electrons. The van der Waals surface area contributed by atoms with Gasteiger partial charge < -0.3 is 9.80 Å². The molecular weight excluding hydrogens is 813 g/mol. The molecule has 0 spiro atoms. The van der Waals surface area contributed by atoms with E-state index in [1.807, 2.05) is 22.7 Å². The van der Waals surface area contributed by atoms with Crippen LogP contribution in [-0.4, -0.2) is 0 Å². The average Bonchev–Trinajstić information content (AvgIpc) is 4.01. The van der Waals surface area contributed by atoms with Gasteiger partial charge in [-0.25, -0.2) is 0 Å². The van der Waals surface area contributed by atoms with E-state index < -0.39 is 0 Å². The van der Waals surface area contributed by atoms with E-state index in [0.717, 1.165) is 45.3 Å². The normalized spacial score (nSPS) is 11.4. The summed E-state index contributed by atoms with van der Waals surface area (Å²) in [6.45, 7) is 0. The Morgan fingerprint density at radius 2 is 0.609 bits per heavy atom. The van der Waals surface area contributed by atoms with Crippen LogP contribution >= 0.6 is 22.7 Å². The molecule has 0 fully saturated rings. The number of thiophene rings is 2. The first-order chi connectivity index (χ1) is 31.7. The van der Waals surface area contributed by atoms with Gasteiger partial charge in [0.2, 0.25) is 0 Å². The lowest BCUT2D eigenvalue weighted by Gasteiger charge is -2.28. The highest BCUT2D eigenvalue weighted by Crippen LogP contribution is 2.46. The fraction of sp³-hybridized carbons (Fsp3) is 0. The van der Waals surface area contributed by atoms with Crippen LogP contribution in [0.3, 0.4) is 0 Å². The second-order valence-corrected chi connectivity index (χ2v) is 18.3. The van der Waals surface area contributed by atoms with Gasteiger partial charge in [0.25, 0.3) is 0 Å². The zero-order valence-electron chi connectivity index (χ0n) is 34.8. The lowest BCUT2D eigenvalue weighted by atomic mass is 9.99. The predicted molar refractivity (Wildman–Crippen MR) is 278 cm³/mol. The molecule has 12 aromatic rings. The summed E-state index contributed by atoms with van der Waals surface area (Å²) in [5.74, 6) is 0. The largest absolute Gasteiger partial charge is 0.310 e. The van der Waals surface area contributed by atoms with E-state index in [4.69, 9.17) is 0 Å². The second-order valence-electron chi connectivity index (χ2n) is 16.1. The summed E-state index contributed by atoms with van der Waals surface area (Å²) < 4.78 is 2.62. The van der Waals surface area contributed by atoms with Crippen LogP contribution in [0.15, 0.2) is 243 Å². The third kappa shape index (κ3) is 6.81. The van der Waals surface area contributed by atoms with Crippen molar-refractivity contribution in [3.05, 3.63) is 243 Å². The Bertz CT molecular complexity index is 3300. The monoisotopic (exact) mass is 852 g/mol. The summed E-state index contributed by atoms with van der Waals surface area (Å²) >= 11 is 3.71. The molecule has 0 aliphatic heterocycles. The molecule has 10 aromatic carbocycles. The van der Waals surface area contributed by atoms with Crippen molar-refractivity contribution in [3.8, 4) is 32.0 Å². The Morgan fingerprint density at radius 3 is 1.02 bits per heavy atom. The van der Waals surface area contributed by atoms with Gasteiger partial charge in [0, 0.05) is 52.7 Å². The maximum Gasteiger partial charge on any atom is 0.0540 e. The molecule has 2 nitrogen and oxygen atoms in total. The van der Waals surface area contributed by atoms with Gasteiger partial charge in [-0.2, -0.15) is 0 Å². The van der Waals surface area contributed by atoms with Crippen molar-refractivity contribution in [3.63, 3.8) is 0 Å². The van der Waals surface area contributed by atoms with E-state index in [9.17, 15) is 0 Å². The summed E-state index contributed by atoms with van der Waals surface area (Å²) in [4.78, 5) is 7.34. The first kappa shape index (κ1) is 38.0. The Labute approximate surface area is 380 Å². The minimum Gasteiger partial charge on any atom is -0.310 e. The van der Waals surface area contributed by atoms with Crippen molar-refractivity contribution < 1.29 is 0 Å². The summed E-state index contributed by atoms with van der Waals surface area (Å²) in [6.07, 6.45) is 0. The van der Waals surface area contributed by atoms with Gasteiger partial charge in [-0.1, -0.05) is 158 Å². The molecule has 0 saturated heterocycles. The van der Waals surface area contributed by atoms with E-state index in [1.165, 1.54) is 62.6 Å². The molecule has 0 aliphatic rings. The fourth-order valence-electron chi connectivity index (χ4n) is 9.23. The summed E-state index contributed by atoms with van der Waals surface area (Å²) in [5, 5.41) is 7.49. The van der Waals surface area contributed by atoms with Crippen molar-refractivity contribution >= 4 is 98.5 Å². The van der Waals surface area contributed by atoms with Crippen molar-refractivity contribution in [1.82, 2.24) is 0 Å². The van der Waals surface area contributed by atoms with Crippen LogP contribution in [0.1, 0.15) is 0 Å². The van der Waals surface area contributed by atoms with Gasteiger partial charge in [0.05, 0.1) is 11.4 Å². The van der Waals surface area contributed by atoms with Crippen LogP contribution < -0.4 is 9.80 Å². The molecule has 4 heteroatoms. The van der Waals surface area contributed by atoms with E-state index in [2.05, 4.69) is 252 Å². The topological polar surface area (TPSA) is 6.48 Å². The third-order valence-electron chi connectivity index (χ3n) is 12.3. The number of para-hydroxylation sites is 2. The summed E-state index contributed by atoms with van der Waals surface area (Å²) in [5.41, 5.74) is 11.6. The number of benzene rings is 10. The highest BCUT2D eigenvalue weighted by atomic mass is 32.1. The Hall–Kier alpha value is -7.76. The van der Waals surface area contributed by atoms with Gasteiger partial charge >= 0.3 is 0 Å². The maximum atomic E-state index is 2.39. The maximum absolute atomic E-state index is 2.39. The van der Waals surface area contributed by atoms with Crippen LogP contribution in [0.25, 0.3) is 73.7 Å². The molecule has 2 aromatic heterocycles. The average molecular weight is 853 g/mol. The molecule has 0 radical (unpaired) electrons. The van der Waals surface area contributed by atoms with Crippen LogP contribution in [0.5, 0.6) is 0 Å². The molecule has 0 N–H and O–H groups in total. The number of anilines is 6. The molecule has 0 unspecified atom stereocenters.